The molecule has 1 atom stereocenters. The van der Waals surface area contributed by atoms with Gasteiger partial charge in [-0.15, -0.1) is 0 Å². The first kappa shape index (κ1) is 20.1. The molecule has 0 aliphatic carbocycles. The van der Waals surface area contributed by atoms with Gasteiger partial charge in [-0.1, -0.05) is 0 Å². The van der Waals surface area contributed by atoms with Crippen molar-refractivity contribution < 1.29 is 14.3 Å². The average molecular weight is 428 g/mol. The Labute approximate surface area is 186 Å². The number of likely N-dealkylation sites (tertiary alicyclic amines) is 1. The van der Waals surface area contributed by atoms with Crippen molar-refractivity contribution in [3.05, 3.63) is 72.4 Å². The summed E-state index contributed by atoms with van der Waals surface area (Å²) >= 11 is 0. The Morgan fingerprint density at radius 2 is 1.66 bits per heavy atom. The van der Waals surface area contributed by atoms with Gasteiger partial charge in [0.05, 0.1) is 20.3 Å². The SMILES string of the molecule is COc1ccc(C(=O)N2CC[C@H](n3c(-c4ccc(OC)cc4)nc4cccnc43)C2)cc1. The van der Waals surface area contributed by atoms with E-state index in [9.17, 15) is 4.79 Å². The molecule has 3 heterocycles. The maximum absolute atomic E-state index is 13.1. The van der Waals surface area contributed by atoms with E-state index in [1.54, 1.807) is 20.4 Å². The Morgan fingerprint density at radius 3 is 2.34 bits per heavy atom. The first-order valence-corrected chi connectivity index (χ1v) is 10.6. The third-order valence-corrected chi connectivity index (χ3v) is 5.95. The van der Waals surface area contributed by atoms with E-state index in [0.717, 1.165) is 40.5 Å². The lowest BCUT2D eigenvalue weighted by Crippen LogP contribution is -2.29. The number of ether oxygens (including phenoxy) is 2. The molecule has 32 heavy (non-hydrogen) atoms. The first-order valence-electron chi connectivity index (χ1n) is 10.6. The quantitative estimate of drug-likeness (QED) is 0.476. The number of carbonyl (C=O) groups excluding carboxylic acids is 1. The lowest BCUT2D eigenvalue weighted by atomic mass is 10.1. The molecule has 0 saturated carbocycles. The number of carbonyl (C=O) groups is 1. The number of methoxy groups -OCH3 is 2. The lowest BCUT2D eigenvalue weighted by molar-refractivity contribution is 0.0788. The van der Waals surface area contributed by atoms with Gasteiger partial charge in [0.15, 0.2) is 5.65 Å². The van der Waals surface area contributed by atoms with Gasteiger partial charge >= 0.3 is 0 Å². The van der Waals surface area contributed by atoms with Gasteiger partial charge in [-0.25, -0.2) is 9.97 Å². The first-order chi connectivity index (χ1) is 15.7. The van der Waals surface area contributed by atoms with Crippen LogP contribution in [0.5, 0.6) is 11.5 Å². The van der Waals surface area contributed by atoms with E-state index < -0.39 is 0 Å². The van der Waals surface area contributed by atoms with Crippen LogP contribution in [0.25, 0.3) is 22.6 Å². The predicted octanol–water partition coefficient (Wildman–Crippen LogP) is 4.20. The van der Waals surface area contributed by atoms with E-state index >= 15 is 0 Å². The third-order valence-electron chi connectivity index (χ3n) is 5.95. The summed E-state index contributed by atoms with van der Waals surface area (Å²) in [6.07, 6.45) is 2.63. The molecule has 0 spiro atoms. The molecule has 2 aromatic heterocycles. The summed E-state index contributed by atoms with van der Waals surface area (Å²) in [4.78, 5) is 24.5. The van der Waals surface area contributed by atoms with Crippen molar-refractivity contribution in [2.24, 2.45) is 0 Å². The summed E-state index contributed by atoms with van der Waals surface area (Å²) in [5.74, 6) is 2.41. The minimum atomic E-state index is 0.0264. The van der Waals surface area contributed by atoms with Crippen LogP contribution in [0.2, 0.25) is 0 Å². The molecule has 7 nitrogen and oxygen atoms in total. The van der Waals surface area contributed by atoms with Crippen molar-refractivity contribution in [2.75, 3.05) is 27.3 Å². The Kier molecular flexibility index (Phi) is 5.23. The Morgan fingerprint density at radius 1 is 0.969 bits per heavy atom. The van der Waals surface area contributed by atoms with Gasteiger partial charge in [0.1, 0.15) is 22.8 Å². The molecule has 1 aliphatic rings. The molecule has 0 bridgehead atoms. The molecule has 2 aromatic carbocycles. The van der Waals surface area contributed by atoms with Gasteiger partial charge in [-0.05, 0) is 67.1 Å². The van der Waals surface area contributed by atoms with Crippen LogP contribution in [0.15, 0.2) is 66.9 Å². The smallest absolute Gasteiger partial charge is 0.253 e. The molecule has 0 radical (unpaired) electrons. The Balaban J connectivity index is 1.47. The summed E-state index contributed by atoms with van der Waals surface area (Å²) in [7, 11) is 3.27. The van der Waals surface area contributed by atoms with Crippen molar-refractivity contribution >= 4 is 17.1 Å². The van der Waals surface area contributed by atoms with Crippen LogP contribution in [0.4, 0.5) is 0 Å². The molecule has 7 heteroatoms. The average Bonchev–Trinajstić information content (AvgIpc) is 3.48. The van der Waals surface area contributed by atoms with E-state index in [1.807, 2.05) is 65.6 Å². The number of hydrogen-bond acceptors (Lipinski definition) is 5. The van der Waals surface area contributed by atoms with Gasteiger partial charge in [0.2, 0.25) is 0 Å². The zero-order chi connectivity index (χ0) is 22.1. The third kappa shape index (κ3) is 3.56. The highest BCUT2D eigenvalue weighted by Gasteiger charge is 2.31. The number of pyridine rings is 1. The summed E-state index contributed by atoms with van der Waals surface area (Å²) in [5.41, 5.74) is 3.33. The highest BCUT2D eigenvalue weighted by Crippen LogP contribution is 2.33. The number of fused-ring (bicyclic) bond motifs is 1. The summed E-state index contributed by atoms with van der Waals surface area (Å²) < 4.78 is 12.7. The highest BCUT2D eigenvalue weighted by molar-refractivity contribution is 5.94. The van der Waals surface area contributed by atoms with E-state index in [2.05, 4.69) is 9.55 Å². The van der Waals surface area contributed by atoms with Crippen LogP contribution >= 0.6 is 0 Å². The molecule has 0 unspecified atom stereocenters. The van der Waals surface area contributed by atoms with Crippen molar-refractivity contribution in [3.8, 4) is 22.9 Å². The molecule has 1 fully saturated rings. The van der Waals surface area contributed by atoms with E-state index in [0.29, 0.717) is 18.7 Å². The summed E-state index contributed by atoms with van der Waals surface area (Å²) in [6, 6.07) is 19.1. The number of amides is 1. The fourth-order valence-electron chi connectivity index (χ4n) is 4.27. The molecular formula is C25H24N4O3. The number of rotatable bonds is 5. The van der Waals surface area contributed by atoms with Gasteiger partial charge < -0.3 is 18.9 Å². The molecule has 1 aliphatic heterocycles. The van der Waals surface area contributed by atoms with Crippen LogP contribution in [0, 0.1) is 0 Å². The largest absolute Gasteiger partial charge is 0.497 e. The monoisotopic (exact) mass is 428 g/mol. The standard InChI is InChI=1S/C25H24N4O3/c1-31-20-9-5-17(6-10-20)23-27-22-4-3-14-26-24(22)29(23)19-13-15-28(16-19)25(30)18-7-11-21(32-2)12-8-18/h3-12,14,19H,13,15-16H2,1-2H3/t19-/m0/s1. The topological polar surface area (TPSA) is 69.5 Å². The van der Waals surface area contributed by atoms with E-state index in [4.69, 9.17) is 14.5 Å². The second-order valence-electron chi connectivity index (χ2n) is 7.80. The summed E-state index contributed by atoms with van der Waals surface area (Å²) in [5, 5.41) is 0. The molecule has 4 aromatic rings. The van der Waals surface area contributed by atoms with Gasteiger partial charge in [0.25, 0.3) is 5.91 Å². The maximum atomic E-state index is 13.1. The summed E-state index contributed by atoms with van der Waals surface area (Å²) in [6.45, 7) is 1.29. The van der Waals surface area contributed by atoms with Gasteiger partial charge in [-0.2, -0.15) is 0 Å². The number of nitrogens with zero attached hydrogens (tertiary/aromatic N) is 4. The van der Waals surface area contributed by atoms with Crippen LogP contribution in [0.3, 0.4) is 0 Å². The van der Waals surface area contributed by atoms with Gasteiger partial charge in [-0.3, -0.25) is 4.79 Å². The van der Waals surface area contributed by atoms with E-state index in [1.165, 1.54) is 0 Å². The Bertz CT molecular complexity index is 1250. The zero-order valence-electron chi connectivity index (χ0n) is 18.1. The van der Waals surface area contributed by atoms with Crippen LogP contribution in [-0.4, -0.2) is 52.7 Å². The normalized spacial score (nSPS) is 15.8. The number of imidazole rings is 1. The number of hydrogen-bond donors (Lipinski definition) is 0. The number of aromatic nitrogens is 3. The van der Waals surface area contributed by atoms with Crippen LogP contribution in [-0.2, 0) is 0 Å². The van der Waals surface area contributed by atoms with Gasteiger partial charge in [0, 0.05) is 30.4 Å². The van der Waals surface area contributed by atoms with E-state index in [-0.39, 0.29) is 11.9 Å². The zero-order valence-corrected chi connectivity index (χ0v) is 18.1. The second-order valence-corrected chi connectivity index (χ2v) is 7.80. The lowest BCUT2D eigenvalue weighted by Gasteiger charge is -2.19. The minimum absolute atomic E-state index is 0.0264. The number of benzene rings is 2. The maximum Gasteiger partial charge on any atom is 0.253 e. The highest BCUT2D eigenvalue weighted by atomic mass is 16.5. The van der Waals surface area contributed by atoms with Crippen molar-refractivity contribution in [1.29, 1.82) is 0 Å². The second kappa shape index (κ2) is 8.34. The fourth-order valence-corrected chi connectivity index (χ4v) is 4.27. The molecule has 5 rings (SSSR count). The predicted molar refractivity (Wildman–Crippen MR) is 122 cm³/mol. The van der Waals surface area contributed by atoms with Crippen molar-refractivity contribution in [2.45, 2.75) is 12.5 Å². The molecular weight excluding hydrogens is 404 g/mol. The minimum Gasteiger partial charge on any atom is -0.497 e. The molecule has 162 valence electrons. The molecule has 1 amide bonds. The molecule has 0 N–H and O–H groups in total. The Hall–Kier alpha value is -3.87. The van der Waals surface area contributed by atoms with Crippen LogP contribution < -0.4 is 9.47 Å². The fraction of sp³-hybridized carbons (Fsp3) is 0.240. The van der Waals surface area contributed by atoms with Crippen molar-refractivity contribution in [3.63, 3.8) is 0 Å². The molecule has 1 saturated heterocycles. The van der Waals surface area contributed by atoms with Crippen molar-refractivity contribution in [1.82, 2.24) is 19.4 Å². The van der Waals surface area contributed by atoms with Crippen LogP contribution in [0.1, 0.15) is 22.8 Å².